The van der Waals surface area contributed by atoms with Gasteiger partial charge in [-0.2, -0.15) is 0 Å². The molecule has 2 N–H and O–H groups in total. The summed E-state index contributed by atoms with van der Waals surface area (Å²) in [5.41, 5.74) is 1.49. The number of aromatic amines is 1. The topological polar surface area (TPSA) is 48.9 Å². The van der Waals surface area contributed by atoms with Crippen LogP contribution >= 0.6 is 0 Å². The third-order valence-electron chi connectivity index (χ3n) is 5.93. The Balaban J connectivity index is 1.75. The molecule has 0 spiro atoms. The van der Waals surface area contributed by atoms with Crippen molar-refractivity contribution in [1.29, 1.82) is 0 Å². The Hall–Kier alpha value is -2.27. The molecule has 1 unspecified atom stereocenters. The van der Waals surface area contributed by atoms with Gasteiger partial charge in [0.15, 0.2) is 0 Å². The molecule has 1 atom stereocenters. The second-order valence-corrected chi connectivity index (χ2v) is 8.55. The normalized spacial score (nSPS) is 16.8. The van der Waals surface area contributed by atoms with Crippen LogP contribution in [0.25, 0.3) is 11.0 Å². The van der Waals surface area contributed by atoms with Crippen molar-refractivity contribution < 1.29 is 13.9 Å². The molecule has 1 fully saturated rings. The summed E-state index contributed by atoms with van der Waals surface area (Å²) in [6.07, 6.45) is 6.97. The highest BCUT2D eigenvalue weighted by molar-refractivity contribution is 5.76. The Bertz CT molecular complexity index is 984. The number of nitrogens with one attached hydrogen (secondary N) is 1. The summed E-state index contributed by atoms with van der Waals surface area (Å²) in [5, 5.41) is 10.9. The van der Waals surface area contributed by atoms with Gasteiger partial charge >= 0.3 is 0 Å². The van der Waals surface area contributed by atoms with Gasteiger partial charge in [-0.25, -0.2) is 13.8 Å². The first-order chi connectivity index (χ1) is 13.3. The van der Waals surface area contributed by atoms with Gasteiger partial charge in [-0.3, -0.25) is 0 Å². The molecule has 0 saturated heterocycles. The number of aliphatic hydroxyl groups is 1. The smallest absolute Gasteiger partial charge is 0.142 e. The summed E-state index contributed by atoms with van der Waals surface area (Å²) in [5.74, 6) is -0.198. The van der Waals surface area contributed by atoms with Gasteiger partial charge in [-0.15, -0.1) is 0 Å². The molecule has 1 aliphatic rings. The Morgan fingerprint density at radius 3 is 2.61 bits per heavy atom. The molecule has 2 heterocycles. The molecule has 0 aliphatic heterocycles. The fourth-order valence-corrected chi connectivity index (χ4v) is 4.46. The van der Waals surface area contributed by atoms with Crippen molar-refractivity contribution in [1.82, 2.24) is 9.97 Å². The molecule has 4 rings (SSSR count). The maximum atomic E-state index is 14.8. The van der Waals surface area contributed by atoms with Crippen LogP contribution in [0.5, 0.6) is 0 Å². The molecule has 2 aromatic heterocycles. The highest BCUT2D eigenvalue weighted by Crippen LogP contribution is 2.39. The number of benzene rings is 1. The molecular weight excluding hydrogens is 358 g/mol. The van der Waals surface area contributed by atoms with E-state index >= 15 is 0 Å². The number of hydrogen-bond donors (Lipinski definition) is 2. The SMILES string of the molecule is CC(C)(O)c1ccc(C(CC2CCCC2)c2cc3cc(F)cnc3[nH]2)cc1F. The molecule has 148 valence electrons. The lowest BCUT2D eigenvalue weighted by Crippen LogP contribution is -2.18. The van der Waals surface area contributed by atoms with E-state index in [1.165, 1.54) is 44.0 Å². The van der Waals surface area contributed by atoms with Crippen LogP contribution in [-0.4, -0.2) is 15.1 Å². The summed E-state index contributed by atoms with van der Waals surface area (Å²) < 4.78 is 28.3. The molecule has 0 radical (unpaired) electrons. The highest BCUT2D eigenvalue weighted by atomic mass is 19.1. The third-order valence-corrected chi connectivity index (χ3v) is 5.93. The van der Waals surface area contributed by atoms with E-state index in [4.69, 9.17) is 0 Å². The highest BCUT2D eigenvalue weighted by Gasteiger charge is 2.27. The van der Waals surface area contributed by atoms with Crippen LogP contribution in [-0.2, 0) is 5.60 Å². The van der Waals surface area contributed by atoms with E-state index in [0.717, 1.165) is 23.1 Å². The zero-order chi connectivity index (χ0) is 19.9. The summed E-state index contributed by atoms with van der Waals surface area (Å²) in [6, 6.07) is 8.49. The summed E-state index contributed by atoms with van der Waals surface area (Å²) in [6.45, 7) is 3.16. The average Bonchev–Trinajstić information content (AvgIpc) is 3.27. The van der Waals surface area contributed by atoms with Crippen LogP contribution in [0, 0.1) is 17.6 Å². The number of nitrogens with zero attached hydrogens (tertiary/aromatic N) is 1. The van der Waals surface area contributed by atoms with E-state index < -0.39 is 11.4 Å². The second kappa shape index (κ2) is 7.28. The standard InChI is InChI=1S/C23H26F2N2O/c1-23(2,28)19-8-7-15(11-20(19)25)18(9-14-5-3-4-6-14)21-12-16-10-17(24)13-26-22(16)27-21/h7-8,10-14,18,28H,3-6,9H2,1-2H3,(H,26,27). The van der Waals surface area contributed by atoms with Crippen molar-refractivity contribution in [2.24, 2.45) is 5.92 Å². The van der Waals surface area contributed by atoms with Crippen LogP contribution in [0.2, 0.25) is 0 Å². The maximum absolute atomic E-state index is 14.8. The zero-order valence-electron chi connectivity index (χ0n) is 16.3. The number of rotatable bonds is 5. The first kappa shape index (κ1) is 19.1. The van der Waals surface area contributed by atoms with Crippen LogP contribution in [0.4, 0.5) is 8.78 Å². The maximum Gasteiger partial charge on any atom is 0.142 e. The summed E-state index contributed by atoms with van der Waals surface area (Å²) in [7, 11) is 0. The van der Waals surface area contributed by atoms with Gasteiger partial charge in [0, 0.05) is 22.6 Å². The predicted molar refractivity (Wildman–Crippen MR) is 106 cm³/mol. The average molecular weight is 384 g/mol. The molecule has 1 aromatic carbocycles. The summed E-state index contributed by atoms with van der Waals surface area (Å²) >= 11 is 0. The fraction of sp³-hybridized carbons (Fsp3) is 0.435. The molecular formula is C23H26F2N2O. The van der Waals surface area contributed by atoms with E-state index in [9.17, 15) is 13.9 Å². The van der Waals surface area contributed by atoms with Crippen molar-refractivity contribution in [3.63, 3.8) is 0 Å². The van der Waals surface area contributed by atoms with E-state index in [-0.39, 0.29) is 17.3 Å². The van der Waals surface area contributed by atoms with Crippen molar-refractivity contribution in [2.75, 3.05) is 0 Å². The minimum atomic E-state index is -1.23. The van der Waals surface area contributed by atoms with Gasteiger partial charge in [0.25, 0.3) is 0 Å². The minimum Gasteiger partial charge on any atom is -0.386 e. The lowest BCUT2D eigenvalue weighted by atomic mass is 9.84. The van der Waals surface area contributed by atoms with Crippen LogP contribution in [0.1, 0.15) is 68.7 Å². The van der Waals surface area contributed by atoms with E-state index in [2.05, 4.69) is 9.97 Å². The Labute approximate surface area is 163 Å². The van der Waals surface area contributed by atoms with Gasteiger partial charge < -0.3 is 10.1 Å². The van der Waals surface area contributed by atoms with E-state index in [1.54, 1.807) is 19.9 Å². The van der Waals surface area contributed by atoms with Gasteiger partial charge in [0.2, 0.25) is 0 Å². The van der Waals surface area contributed by atoms with Crippen molar-refractivity contribution in [3.05, 3.63) is 65.0 Å². The minimum absolute atomic E-state index is 0.0225. The van der Waals surface area contributed by atoms with Gasteiger partial charge in [-0.05, 0) is 49.9 Å². The third kappa shape index (κ3) is 3.81. The van der Waals surface area contributed by atoms with E-state index in [1.807, 2.05) is 12.1 Å². The number of pyridine rings is 1. The van der Waals surface area contributed by atoms with Crippen LogP contribution in [0.15, 0.2) is 36.5 Å². The zero-order valence-corrected chi connectivity index (χ0v) is 16.3. The van der Waals surface area contributed by atoms with E-state index in [0.29, 0.717) is 11.6 Å². The Morgan fingerprint density at radius 1 is 1.18 bits per heavy atom. The van der Waals surface area contributed by atoms with Crippen LogP contribution < -0.4 is 0 Å². The number of hydrogen-bond acceptors (Lipinski definition) is 2. The molecule has 1 saturated carbocycles. The molecule has 3 aromatic rings. The van der Waals surface area contributed by atoms with Crippen molar-refractivity contribution >= 4 is 11.0 Å². The lowest BCUT2D eigenvalue weighted by molar-refractivity contribution is 0.0745. The Kier molecular flexibility index (Phi) is 4.96. The quantitative estimate of drug-likeness (QED) is 0.586. The van der Waals surface area contributed by atoms with Gasteiger partial charge in [0.1, 0.15) is 17.3 Å². The van der Waals surface area contributed by atoms with Crippen molar-refractivity contribution in [2.45, 2.75) is 57.5 Å². The largest absolute Gasteiger partial charge is 0.386 e. The van der Waals surface area contributed by atoms with Crippen LogP contribution in [0.3, 0.4) is 0 Å². The molecule has 1 aliphatic carbocycles. The Morgan fingerprint density at radius 2 is 1.93 bits per heavy atom. The summed E-state index contributed by atoms with van der Waals surface area (Å²) in [4.78, 5) is 7.45. The van der Waals surface area contributed by atoms with Gasteiger partial charge in [-0.1, -0.05) is 37.8 Å². The fourth-order valence-electron chi connectivity index (χ4n) is 4.46. The monoisotopic (exact) mass is 384 g/mol. The molecule has 0 amide bonds. The first-order valence-corrected chi connectivity index (χ1v) is 9.98. The second-order valence-electron chi connectivity index (χ2n) is 8.55. The number of aromatic nitrogens is 2. The van der Waals surface area contributed by atoms with Crippen molar-refractivity contribution in [3.8, 4) is 0 Å². The molecule has 3 nitrogen and oxygen atoms in total. The number of fused-ring (bicyclic) bond motifs is 1. The lowest BCUT2D eigenvalue weighted by Gasteiger charge is -2.23. The predicted octanol–water partition coefficient (Wildman–Crippen LogP) is 5.78. The first-order valence-electron chi connectivity index (χ1n) is 9.98. The number of halogens is 2. The van der Waals surface area contributed by atoms with Gasteiger partial charge in [0.05, 0.1) is 11.8 Å². The number of H-pyrrole nitrogens is 1. The molecule has 28 heavy (non-hydrogen) atoms. The molecule has 0 bridgehead atoms. The molecule has 5 heteroatoms.